The summed E-state index contributed by atoms with van der Waals surface area (Å²) in [4.78, 5) is 23.3. The van der Waals surface area contributed by atoms with E-state index in [2.05, 4.69) is 0 Å². The van der Waals surface area contributed by atoms with Crippen molar-refractivity contribution in [2.45, 2.75) is 0 Å². The lowest BCUT2D eigenvalue weighted by Crippen LogP contribution is -2.16. The number of hydrogen-bond acceptors (Lipinski definition) is 9. The number of carbonyl (C=O) groups excluding carboxylic acids is 1. The van der Waals surface area contributed by atoms with Crippen LogP contribution in [0, 0.1) is 0 Å². The molecule has 1 fully saturated rings. The number of carboxylic acid groups (broad SMARTS) is 1. The molecule has 0 unspecified atom stereocenters. The molecule has 2 N–H and O–H groups in total. The highest BCUT2D eigenvalue weighted by Crippen LogP contribution is 3.04. The van der Waals surface area contributed by atoms with Crippen LogP contribution in [-0.2, 0) is 23.6 Å². The quantitative estimate of drug-likeness (QED) is 0.238. The molecule has 3 aromatic carbocycles. The maximum atomic E-state index is 12.1. The summed E-state index contributed by atoms with van der Waals surface area (Å²) in [6, 6.07) is 19.6. The first-order chi connectivity index (χ1) is 15.2. The zero-order chi connectivity index (χ0) is 22.9. The molecule has 4 rings (SSSR count). The van der Waals surface area contributed by atoms with E-state index in [-0.39, 0.29) is 22.8 Å². The van der Waals surface area contributed by atoms with E-state index >= 15 is 0 Å². The number of aromatic carboxylic acids is 1. The second kappa shape index (κ2) is 9.21. The van der Waals surface area contributed by atoms with Crippen molar-refractivity contribution in [1.29, 1.82) is 0 Å². The maximum absolute atomic E-state index is 12.1. The molecule has 0 amide bonds. The Balaban J connectivity index is 1.41. The Kier molecular flexibility index (Phi) is 6.73. The Hall–Kier alpha value is -1.80. The summed E-state index contributed by atoms with van der Waals surface area (Å²) >= 11 is 15.1. The Morgan fingerprint density at radius 3 is 1.88 bits per heavy atom. The highest BCUT2D eigenvalue weighted by atomic mass is 33.7. The highest BCUT2D eigenvalue weighted by Gasteiger charge is 2.45. The minimum Gasteiger partial charge on any atom is -0.508 e. The molecule has 6 nitrogen and oxygen atoms in total. The average molecular weight is 541 g/mol. The number of hydrogen-bond donors (Lipinski definition) is 2. The number of phenols is 1. The highest BCUT2D eigenvalue weighted by molar-refractivity contribution is 9.48. The Morgan fingerprint density at radius 1 is 0.781 bits per heavy atom. The SMILES string of the molecule is O=C(Oc1ccc(P2(=S)SP(=S)(c3ccc(O)cc3)S2)cc1)Oc1ccccc1C(=O)O. The van der Waals surface area contributed by atoms with Crippen LogP contribution in [0.1, 0.15) is 10.4 Å². The molecule has 1 aliphatic heterocycles. The van der Waals surface area contributed by atoms with Gasteiger partial charge in [0.1, 0.15) is 22.8 Å². The fourth-order valence-electron chi connectivity index (χ4n) is 2.75. The average Bonchev–Trinajstić information content (AvgIpc) is 2.73. The molecule has 0 bridgehead atoms. The van der Waals surface area contributed by atoms with E-state index in [1.807, 2.05) is 24.3 Å². The van der Waals surface area contributed by atoms with Gasteiger partial charge in [0.05, 0.1) is 8.88 Å². The molecule has 1 heterocycles. The van der Waals surface area contributed by atoms with Gasteiger partial charge in [0, 0.05) is 10.6 Å². The fraction of sp³-hybridized carbons (Fsp3) is 0. The van der Waals surface area contributed by atoms with E-state index in [1.165, 1.54) is 18.2 Å². The third kappa shape index (κ3) is 4.91. The summed E-state index contributed by atoms with van der Waals surface area (Å²) in [6.07, 6.45) is -1.04. The van der Waals surface area contributed by atoms with Crippen LogP contribution in [0.15, 0.2) is 72.8 Å². The number of ether oxygens (including phenoxy) is 2. The van der Waals surface area contributed by atoms with Gasteiger partial charge in [-0.2, -0.15) is 0 Å². The van der Waals surface area contributed by atoms with E-state index in [4.69, 9.17) is 38.2 Å². The summed E-state index contributed by atoms with van der Waals surface area (Å²) in [5.74, 6) is -0.854. The molecule has 0 aromatic heterocycles. The van der Waals surface area contributed by atoms with Crippen LogP contribution in [0.25, 0.3) is 0 Å². The van der Waals surface area contributed by atoms with E-state index in [9.17, 15) is 14.7 Å². The van der Waals surface area contributed by atoms with Crippen LogP contribution in [0.3, 0.4) is 0 Å². The third-order valence-corrected chi connectivity index (χ3v) is 35.5. The molecule has 0 radical (unpaired) electrons. The van der Waals surface area contributed by atoms with E-state index in [0.717, 1.165) is 10.6 Å². The zero-order valence-corrected chi connectivity index (χ0v) is 21.0. The minimum absolute atomic E-state index is 0.0979. The monoisotopic (exact) mass is 540 g/mol. The largest absolute Gasteiger partial charge is 0.519 e. The van der Waals surface area contributed by atoms with Gasteiger partial charge in [-0.3, -0.25) is 0 Å². The molecule has 0 atom stereocenters. The smallest absolute Gasteiger partial charge is 0.508 e. The van der Waals surface area contributed by atoms with Crippen LogP contribution in [0.4, 0.5) is 4.79 Å². The van der Waals surface area contributed by atoms with Crippen molar-refractivity contribution in [2.24, 2.45) is 0 Å². The van der Waals surface area contributed by atoms with Gasteiger partial charge in [-0.05, 0) is 60.7 Å². The number of phenolic OH excluding ortho intramolecular Hbond substituents is 1. The van der Waals surface area contributed by atoms with Gasteiger partial charge in [0.15, 0.2) is 0 Å². The van der Waals surface area contributed by atoms with E-state index in [0.29, 0.717) is 0 Å². The fourth-order valence-corrected chi connectivity index (χ4v) is 45.0. The topological polar surface area (TPSA) is 93.1 Å². The van der Waals surface area contributed by atoms with Crippen LogP contribution in [-0.4, -0.2) is 22.3 Å². The number of rotatable bonds is 5. The van der Waals surface area contributed by atoms with Crippen LogP contribution in [0.5, 0.6) is 17.2 Å². The van der Waals surface area contributed by atoms with Gasteiger partial charge >= 0.3 is 12.1 Å². The molecule has 1 saturated heterocycles. The Morgan fingerprint density at radius 2 is 1.31 bits per heavy atom. The van der Waals surface area contributed by atoms with Crippen LogP contribution >= 0.6 is 30.9 Å². The minimum atomic E-state index is -1.96. The summed E-state index contributed by atoms with van der Waals surface area (Å²) in [5.41, 5.74) is -0.138. The summed E-state index contributed by atoms with van der Waals surface area (Å²) in [6.45, 7) is 0. The predicted octanol–water partition coefficient (Wildman–Crippen LogP) is 5.72. The Labute approximate surface area is 201 Å². The summed E-state index contributed by atoms with van der Waals surface area (Å²) in [5, 5.41) is 20.6. The van der Waals surface area contributed by atoms with E-state index in [1.54, 1.807) is 52.3 Å². The van der Waals surface area contributed by atoms with Crippen molar-refractivity contribution in [3.63, 3.8) is 0 Å². The zero-order valence-electron chi connectivity index (χ0n) is 16.0. The molecular formula is C20H14O6P2S4. The maximum Gasteiger partial charge on any atom is 0.519 e. The third-order valence-electron chi connectivity index (χ3n) is 4.26. The second-order valence-electron chi connectivity index (χ2n) is 6.42. The van der Waals surface area contributed by atoms with Crippen molar-refractivity contribution in [3.8, 4) is 17.2 Å². The molecule has 1 aliphatic rings. The molecule has 32 heavy (non-hydrogen) atoms. The molecule has 3 aromatic rings. The molecule has 0 spiro atoms. The van der Waals surface area contributed by atoms with Crippen molar-refractivity contribution >= 4 is 77.2 Å². The predicted molar refractivity (Wildman–Crippen MR) is 138 cm³/mol. The van der Waals surface area contributed by atoms with Crippen LogP contribution in [0.2, 0.25) is 0 Å². The van der Waals surface area contributed by atoms with Gasteiger partial charge in [-0.1, -0.05) is 57.7 Å². The Bertz CT molecular complexity index is 1280. The molecule has 0 saturated carbocycles. The van der Waals surface area contributed by atoms with Gasteiger partial charge in [0.25, 0.3) is 0 Å². The van der Waals surface area contributed by atoms with Crippen molar-refractivity contribution in [3.05, 3.63) is 78.4 Å². The van der Waals surface area contributed by atoms with Gasteiger partial charge in [0.2, 0.25) is 0 Å². The number of para-hydroxylation sites is 1. The normalized spacial score (nSPS) is 21.9. The standard InChI is InChI=1S/C20H14O6P2S4/c21-13-5-9-15(10-6-13)27(29)31-28(30,32-27)16-11-7-14(8-12-16)25-20(24)26-18-4-2-1-3-17(18)19(22)23/h1-12,21H,(H,22,23). The lowest BCUT2D eigenvalue weighted by molar-refractivity contribution is 0.0693. The van der Waals surface area contributed by atoms with E-state index < -0.39 is 21.0 Å². The molecular weight excluding hydrogens is 526 g/mol. The number of carbonyl (C=O) groups is 2. The number of benzene rings is 3. The summed E-state index contributed by atoms with van der Waals surface area (Å²) < 4.78 is 6.35. The molecule has 12 heteroatoms. The van der Waals surface area contributed by atoms with Crippen molar-refractivity contribution in [2.75, 3.05) is 0 Å². The van der Waals surface area contributed by atoms with Crippen molar-refractivity contribution < 1.29 is 29.3 Å². The van der Waals surface area contributed by atoms with Gasteiger partial charge in [-0.15, -0.1) is 0 Å². The first-order valence-electron chi connectivity index (χ1n) is 8.93. The van der Waals surface area contributed by atoms with Gasteiger partial charge in [-0.25, -0.2) is 9.59 Å². The lowest BCUT2D eigenvalue weighted by atomic mass is 10.2. The molecule has 164 valence electrons. The lowest BCUT2D eigenvalue weighted by Gasteiger charge is -2.40. The number of carboxylic acids is 1. The van der Waals surface area contributed by atoms with Gasteiger partial charge < -0.3 is 19.7 Å². The molecule has 0 aliphatic carbocycles. The first-order valence-corrected chi connectivity index (χ1v) is 18.6. The second-order valence-corrected chi connectivity index (χ2v) is 27.7. The summed E-state index contributed by atoms with van der Waals surface area (Å²) in [7, 11) is 0. The first kappa shape index (κ1) is 23.4. The van der Waals surface area contributed by atoms with Crippen molar-refractivity contribution in [1.82, 2.24) is 0 Å². The number of aromatic hydroxyl groups is 1. The van der Waals surface area contributed by atoms with Crippen LogP contribution < -0.4 is 20.1 Å².